The second-order valence-corrected chi connectivity index (χ2v) is 5.54. The summed E-state index contributed by atoms with van der Waals surface area (Å²) >= 11 is 0. The van der Waals surface area contributed by atoms with Crippen LogP contribution in [0.1, 0.15) is 12.8 Å². The van der Waals surface area contributed by atoms with Crippen molar-refractivity contribution >= 4 is 10.2 Å². The normalized spacial score (nSPS) is 19.4. The summed E-state index contributed by atoms with van der Waals surface area (Å²) in [6, 6.07) is 2.17. The number of hydrogen-bond acceptors (Lipinski definition) is 4. The zero-order valence-electron chi connectivity index (χ0n) is 8.65. The minimum Gasteiger partial charge on any atom is -0.244 e. The molecule has 0 aromatic carbocycles. The van der Waals surface area contributed by atoms with Crippen LogP contribution in [0.25, 0.3) is 0 Å². The molecule has 0 radical (unpaired) electrons. The summed E-state index contributed by atoms with van der Waals surface area (Å²) in [6.07, 6.45) is 5.31. The predicted octanol–water partition coefficient (Wildman–Crippen LogP) is 0.212. The highest BCUT2D eigenvalue weighted by Gasteiger charge is 2.28. The van der Waals surface area contributed by atoms with Gasteiger partial charge in [-0.05, 0) is 12.8 Å². The van der Waals surface area contributed by atoms with Gasteiger partial charge in [0.1, 0.15) is 6.33 Å². The van der Waals surface area contributed by atoms with Crippen molar-refractivity contribution in [1.82, 2.24) is 13.3 Å². The molecular weight excluding hydrogens is 228 g/mol. The molecule has 0 atom stereocenters. The summed E-state index contributed by atoms with van der Waals surface area (Å²) in [6.45, 7) is 0.803. The summed E-state index contributed by atoms with van der Waals surface area (Å²) in [5.74, 6) is -0.0192. The number of nitrogens with zero attached hydrogens (tertiary/aromatic N) is 4. The number of nitriles is 1. The van der Waals surface area contributed by atoms with Crippen LogP contribution >= 0.6 is 0 Å². The Bertz CT molecular complexity index is 480. The molecule has 0 aliphatic carbocycles. The molecule has 16 heavy (non-hydrogen) atoms. The second kappa shape index (κ2) is 4.23. The highest BCUT2D eigenvalue weighted by molar-refractivity contribution is 7.87. The van der Waals surface area contributed by atoms with Gasteiger partial charge >= 0.3 is 10.2 Å². The van der Waals surface area contributed by atoms with Crippen molar-refractivity contribution in [2.24, 2.45) is 5.92 Å². The average Bonchev–Trinajstić information content (AvgIpc) is 2.83. The largest absolute Gasteiger partial charge is 0.308 e. The number of imidazole rings is 1. The number of hydrogen-bond donors (Lipinski definition) is 0. The molecule has 1 aliphatic heterocycles. The Kier molecular flexibility index (Phi) is 2.94. The first kappa shape index (κ1) is 11.1. The van der Waals surface area contributed by atoms with Gasteiger partial charge in [-0.2, -0.15) is 18.0 Å². The molecular formula is C9H12N4O2S. The number of piperidine rings is 1. The van der Waals surface area contributed by atoms with Crippen LogP contribution < -0.4 is 0 Å². The molecule has 0 unspecified atom stereocenters. The van der Waals surface area contributed by atoms with Crippen molar-refractivity contribution in [2.75, 3.05) is 13.1 Å². The Morgan fingerprint density at radius 3 is 2.56 bits per heavy atom. The molecule has 1 aromatic rings. The van der Waals surface area contributed by atoms with Crippen LogP contribution in [-0.2, 0) is 10.2 Å². The molecule has 2 heterocycles. The van der Waals surface area contributed by atoms with Gasteiger partial charge in [0.2, 0.25) is 0 Å². The van der Waals surface area contributed by atoms with Crippen LogP contribution in [0.4, 0.5) is 0 Å². The summed E-state index contributed by atoms with van der Waals surface area (Å²) in [5.41, 5.74) is 0. The first-order chi connectivity index (χ1) is 7.64. The minimum atomic E-state index is -3.47. The van der Waals surface area contributed by atoms with Gasteiger partial charge in [-0.25, -0.2) is 8.96 Å². The van der Waals surface area contributed by atoms with Crippen molar-refractivity contribution in [3.05, 3.63) is 18.7 Å². The van der Waals surface area contributed by atoms with E-state index >= 15 is 0 Å². The van der Waals surface area contributed by atoms with Gasteiger partial charge in [0, 0.05) is 31.4 Å². The molecule has 1 fully saturated rings. The molecule has 0 saturated carbocycles. The zero-order valence-corrected chi connectivity index (χ0v) is 9.47. The van der Waals surface area contributed by atoms with Crippen LogP contribution in [0.3, 0.4) is 0 Å². The first-order valence-corrected chi connectivity index (χ1v) is 6.42. The zero-order chi connectivity index (χ0) is 11.6. The fourth-order valence-electron chi connectivity index (χ4n) is 1.73. The van der Waals surface area contributed by atoms with Crippen molar-refractivity contribution in [2.45, 2.75) is 12.8 Å². The molecule has 1 saturated heterocycles. The van der Waals surface area contributed by atoms with Gasteiger partial charge in [0.25, 0.3) is 0 Å². The average molecular weight is 240 g/mol. The molecule has 1 aromatic heterocycles. The molecule has 0 amide bonds. The predicted molar refractivity (Wildman–Crippen MR) is 56.5 cm³/mol. The van der Waals surface area contributed by atoms with E-state index in [1.54, 1.807) is 0 Å². The Morgan fingerprint density at radius 1 is 1.38 bits per heavy atom. The maximum Gasteiger partial charge on any atom is 0.308 e. The number of aromatic nitrogens is 2. The highest BCUT2D eigenvalue weighted by Crippen LogP contribution is 2.19. The maximum absolute atomic E-state index is 12.0. The van der Waals surface area contributed by atoms with E-state index in [9.17, 15) is 8.42 Å². The third-order valence-electron chi connectivity index (χ3n) is 2.71. The third kappa shape index (κ3) is 1.94. The van der Waals surface area contributed by atoms with Gasteiger partial charge in [-0.15, -0.1) is 0 Å². The van der Waals surface area contributed by atoms with Crippen molar-refractivity contribution in [3.63, 3.8) is 0 Å². The topological polar surface area (TPSA) is 79.0 Å². The quantitative estimate of drug-likeness (QED) is 0.740. The molecule has 1 aliphatic rings. The van der Waals surface area contributed by atoms with Crippen LogP contribution in [0, 0.1) is 17.2 Å². The molecule has 0 spiro atoms. The van der Waals surface area contributed by atoms with Gasteiger partial charge in [0.05, 0.1) is 6.07 Å². The molecule has 7 heteroatoms. The van der Waals surface area contributed by atoms with Crippen molar-refractivity contribution in [3.8, 4) is 6.07 Å². The molecule has 0 bridgehead atoms. The molecule has 86 valence electrons. The SMILES string of the molecule is N#CC1CCN(S(=O)(=O)n2ccnc2)CC1. The second-order valence-electron chi connectivity index (χ2n) is 3.70. The van der Waals surface area contributed by atoms with E-state index in [4.69, 9.17) is 5.26 Å². The molecule has 2 rings (SSSR count). The fourth-order valence-corrected chi connectivity index (χ4v) is 3.05. The van der Waals surface area contributed by atoms with Gasteiger partial charge in [-0.3, -0.25) is 0 Å². The Morgan fingerprint density at radius 2 is 2.06 bits per heavy atom. The lowest BCUT2D eigenvalue weighted by molar-refractivity contribution is 0.307. The van der Waals surface area contributed by atoms with Gasteiger partial charge in [0.15, 0.2) is 0 Å². The van der Waals surface area contributed by atoms with Crippen LogP contribution in [0.5, 0.6) is 0 Å². The molecule has 0 N–H and O–H groups in total. The van der Waals surface area contributed by atoms with E-state index in [1.807, 2.05) is 0 Å². The summed E-state index contributed by atoms with van der Waals surface area (Å²) in [7, 11) is -3.47. The van der Waals surface area contributed by atoms with Gasteiger partial charge in [-0.1, -0.05) is 0 Å². The first-order valence-electron chi connectivity index (χ1n) is 5.03. The van der Waals surface area contributed by atoms with Crippen molar-refractivity contribution in [1.29, 1.82) is 5.26 Å². The Balaban J connectivity index is 2.13. The van der Waals surface area contributed by atoms with E-state index in [1.165, 1.54) is 23.0 Å². The van der Waals surface area contributed by atoms with E-state index in [-0.39, 0.29) is 5.92 Å². The maximum atomic E-state index is 12.0. The lowest BCUT2D eigenvalue weighted by Crippen LogP contribution is -2.40. The monoisotopic (exact) mass is 240 g/mol. The third-order valence-corrected chi connectivity index (χ3v) is 4.48. The standard InChI is InChI=1S/C9H12N4O2S/c10-7-9-1-4-12(5-2-9)16(14,15)13-6-3-11-8-13/h3,6,8-9H,1-2,4-5H2. The lowest BCUT2D eigenvalue weighted by atomic mass is 10.0. The Labute approximate surface area is 94.3 Å². The summed E-state index contributed by atoms with van der Waals surface area (Å²) < 4.78 is 26.5. The van der Waals surface area contributed by atoms with Crippen molar-refractivity contribution < 1.29 is 8.42 Å². The van der Waals surface area contributed by atoms with Crippen LogP contribution in [-0.4, -0.2) is 34.8 Å². The lowest BCUT2D eigenvalue weighted by Gasteiger charge is -2.28. The highest BCUT2D eigenvalue weighted by atomic mass is 32.2. The fraction of sp³-hybridized carbons (Fsp3) is 0.556. The van der Waals surface area contributed by atoms with E-state index in [2.05, 4.69) is 11.1 Å². The molecule has 6 nitrogen and oxygen atoms in total. The smallest absolute Gasteiger partial charge is 0.244 e. The summed E-state index contributed by atoms with van der Waals surface area (Å²) in [5, 5.41) is 8.73. The van der Waals surface area contributed by atoms with E-state index in [0.29, 0.717) is 25.9 Å². The van der Waals surface area contributed by atoms with E-state index in [0.717, 1.165) is 3.97 Å². The van der Waals surface area contributed by atoms with Crippen LogP contribution in [0.2, 0.25) is 0 Å². The van der Waals surface area contributed by atoms with Gasteiger partial charge < -0.3 is 0 Å². The minimum absolute atomic E-state index is 0.0192. The summed E-state index contributed by atoms with van der Waals surface area (Å²) in [4.78, 5) is 3.72. The Hall–Kier alpha value is -1.39. The van der Waals surface area contributed by atoms with Crippen LogP contribution in [0.15, 0.2) is 18.7 Å². The van der Waals surface area contributed by atoms with E-state index < -0.39 is 10.2 Å². The number of rotatable bonds is 2.